The number of aromatic nitrogens is 1. The Morgan fingerprint density at radius 1 is 1.29 bits per heavy atom. The van der Waals surface area contributed by atoms with Crippen molar-refractivity contribution in [2.45, 2.75) is 6.61 Å². The molecule has 0 aliphatic heterocycles. The Morgan fingerprint density at radius 3 is 2.71 bits per heavy atom. The molecule has 0 fully saturated rings. The number of aliphatic hydroxyl groups is 1. The molecule has 14 heavy (non-hydrogen) atoms. The van der Waals surface area contributed by atoms with Gasteiger partial charge >= 0.3 is 0 Å². The molecular weight excluding hydrogens is 182 g/mol. The molecule has 2 aromatic rings. The molecule has 0 radical (unpaired) electrons. The van der Waals surface area contributed by atoms with Crippen molar-refractivity contribution in [3.8, 4) is 17.2 Å². The summed E-state index contributed by atoms with van der Waals surface area (Å²) >= 11 is 0. The van der Waals surface area contributed by atoms with Crippen molar-refractivity contribution in [1.29, 1.82) is 0 Å². The van der Waals surface area contributed by atoms with Crippen LogP contribution in [0.1, 0.15) is 5.69 Å². The smallest absolute Gasteiger partial charge is 0.229 e. The minimum absolute atomic E-state index is 0.110. The van der Waals surface area contributed by atoms with Crippen LogP contribution in [-0.2, 0) is 6.61 Å². The summed E-state index contributed by atoms with van der Waals surface area (Å²) in [7, 11) is 0. The quantitative estimate of drug-likeness (QED) is 0.755. The van der Waals surface area contributed by atoms with Crippen LogP contribution in [0, 0.1) is 0 Å². The average molecular weight is 191 g/mol. The molecule has 0 amide bonds. The Hall–Kier alpha value is -1.81. The number of hydrogen-bond donors (Lipinski definition) is 2. The van der Waals surface area contributed by atoms with Crippen molar-refractivity contribution >= 4 is 0 Å². The van der Waals surface area contributed by atoms with Crippen LogP contribution in [0.15, 0.2) is 34.9 Å². The van der Waals surface area contributed by atoms with E-state index < -0.39 is 0 Å². The standard InChI is InChI=1S/C10H9NO3/c12-5-7-6-14-10(11-7)8-3-1-2-4-9(8)13/h1-4,6,12-13H,5H2. The summed E-state index contributed by atoms with van der Waals surface area (Å²) in [5.41, 5.74) is 0.968. The number of rotatable bonds is 2. The SMILES string of the molecule is OCc1coc(-c2ccccc2O)n1. The molecule has 4 nitrogen and oxygen atoms in total. The fourth-order valence-corrected chi connectivity index (χ4v) is 1.16. The minimum atomic E-state index is -0.170. The third-order valence-corrected chi connectivity index (χ3v) is 1.85. The van der Waals surface area contributed by atoms with Gasteiger partial charge in [-0.25, -0.2) is 4.98 Å². The number of benzene rings is 1. The maximum Gasteiger partial charge on any atom is 0.229 e. The minimum Gasteiger partial charge on any atom is -0.507 e. The van der Waals surface area contributed by atoms with Crippen molar-refractivity contribution in [3.05, 3.63) is 36.2 Å². The highest BCUT2D eigenvalue weighted by Gasteiger charge is 2.09. The molecule has 0 saturated heterocycles. The lowest BCUT2D eigenvalue weighted by Gasteiger charge is -1.97. The van der Waals surface area contributed by atoms with Crippen LogP contribution in [0.25, 0.3) is 11.5 Å². The van der Waals surface area contributed by atoms with Crippen molar-refractivity contribution in [2.75, 3.05) is 0 Å². The zero-order chi connectivity index (χ0) is 9.97. The van der Waals surface area contributed by atoms with E-state index in [-0.39, 0.29) is 12.4 Å². The second-order valence-electron chi connectivity index (χ2n) is 2.82. The molecule has 1 heterocycles. The van der Waals surface area contributed by atoms with Crippen LogP contribution in [0.5, 0.6) is 5.75 Å². The first-order valence-electron chi connectivity index (χ1n) is 4.15. The normalized spacial score (nSPS) is 10.4. The Labute approximate surface area is 80.5 Å². The van der Waals surface area contributed by atoms with Crippen molar-refractivity contribution in [2.24, 2.45) is 0 Å². The van der Waals surface area contributed by atoms with Crippen molar-refractivity contribution in [3.63, 3.8) is 0 Å². The van der Waals surface area contributed by atoms with Crippen LogP contribution in [0.4, 0.5) is 0 Å². The lowest BCUT2D eigenvalue weighted by Crippen LogP contribution is -1.83. The number of aromatic hydroxyl groups is 1. The van der Waals surface area contributed by atoms with Gasteiger partial charge in [-0.3, -0.25) is 0 Å². The number of phenolic OH excluding ortho intramolecular Hbond substituents is 1. The zero-order valence-corrected chi connectivity index (χ0v) is 7.34. The number of hydrogen-bond acceptors (Lipinski definition) is 4. The molecule has 1 aromatic heterocycles. The molecular formula is C10H9NO3. The van der Waals surface area contributed by atoms with E-state index in [0.29, 0.717) is 17.1 Å². The maximum atomic E-state index is 9.48. The Balaban J connectivity index is 2.44. The molecule has 0 unspecified atom stereocenters. The topological polar surface area (TPSA) is 66.5 Å². The van der Waals surface area contributed by atoms with E-state index in [2.05, 4.69) is 4.98 Å². The van der Waals surface area contributed by atoms with E-state index in [1.807, 2.05) is 0 Å². The first kappa shape index (κ1) is 8.77. The predicted molar refractivity (Wildman–Crippen MR) is 49.5 cm³/mol. The summed E-state index contributed by atoms with van der Waals surface area (Å²) in [6, 6.07) is 6.74. The van der Waals surface area contributed by atoms with E-state index in [1.54, 1.807) is 24.3 Å². The van der Waals surface area contributed by atoms with E-state index in [9.17, 15) is 5.11 Å². The summed E-state index contributed by atoms with van der Waals surface area (Å²) in [5.74, 6) is 0.422. The van der Waals surface area contributed by atoms with Gasteiger partial charge in [0.25, 0.3) is 0 Å². The summed E-state index contributed by atoms with van der Waals surface area (Å²) < 4.78 is 5.09. The van der Waals surface area contributed by atoms with Gasteiger partial charge in [0.05, 0.1) is 12.2 Å². The molecule has 0 spiro atoms. The van der Waals surface area contributed by atoms with Gasteiger partial charge in [-0.2, -0.15) is 0 Å². The van der Waals surface area contributed by atoms with E-state index in [4.69, 9.17) is 9.52 Å². The Morgan fingerprint density at radius 2 is 2.07 bits per heavy atom. The summed E-state index contributed by atoms with van der Waals surface area (Å²) in [4.78, 5) is 3.98. The molecule has 72 valence electrons. The molecule has 2 N–H and O–H groups in total. The summed E-state index contributed by atoms with van der Waals surface area (Å²) in [5, 5.41) is 18.3. The average Bonchev–Trinajstić information content (AvgIpc) is 2.67. The Bertz CT molecular complexity index is 436. The number of phenols is 1. The van der Waals surface area contributed by atoms with Crippen molar-refractivity contribution < 1.29 is 14.6 Å². The highest BCUT2D eigenvalue weighted by Crippen LogP contribution is 2.27. The van der Waals surface area contributed by atoms with Gasteiger partial charge in [0.15, 0.2) is 0 Å². The van der Waals surface area contributed by atoms with Gasteiger partial charge in [-0.15, -0.1) is 0 Å². The van der Waals surface area contributed by atoms with Gasteiger partial charge in [0.1, 0.15) is 17.7 Å². The van der Waals surface area contributed by atoms with E-state index in [0.717, 1.165) is 0 Å². The molecule has 1 aromatic carbocycles. The zero-order valence-electron chi connectivity index (χ0n) is 7.34. The van der Waals surface area contributed by atoms with E-state index in [1.165, 1.54) is 6.26 Å². The fourth-order valence-electron chi connectivity index (χ4n) is 1.16. The summed E-state index contributed by atoms with van der Waals surface area (Å²) in [6.07, 6.45) is 1.36. The van der Waals surface area contributed by atoms with Crippen LogP contribution in [0.3, 0.4) is 0 Å². The second kappa shape index (κ2) is 3.51. The maximum absolute atomic E-state index is 9.48. The van der Waals surface area contributed by atoms with E-state index >= 15 is 0 Å². The molecule has 0 aliphatic rings. The van der Waals surface area contributed by atoms with Gasteiger partial charge in [0.2, 0.25) is 5.89 Å². The first-order valence-corrected chi connectivity index (χ1v) is 4.15. The first-order chi connectivity index (χ1) is 6.81. The molecule has 2 rings (SSSR count). The Kier molecular flexibility index (Phi) is 2.20. The molecule has 0 bridgehead atoms. The fraction of sp³-hybridized carbons (Fsp3) is 0.100. The third kappa shape index (κ3) is 1.47. The third-order valence-electron chi connectivity index (χ3n) is 1.85. The molecule has 4 heteroatoms. The van der Waals surface area contributed by atoms with Gasteiger partial charge in [0, 0.05) is 0 Å². The lowest BCUT2D eigenvalue weighted by atomic mass is 10.2. The number of aliphatic hydroxyl groups excluding tert-OH is 1. The number of oxazole rings is 1. The molecule has 0 aliphatic carbocycles. The van der Waals surface area contributed by atoms with Crippen LogP contribution in [-0.4, -0.2) is 15.2 Å². The monoisotopic (exact) mass is 191 g/mol. The van der Waals surface area contributed by atoms with Crippen LogP contribution >= 0.6 is 0 Å². The summed E-state index contributed by atoms with van der Waals surface area (Å²) in [6.45, 7) is -0.170. The largest absolute Gasteiger partial charge is 0.507 e. The van der Waals surface area contributed by atoms with Crippen LogP contribution < -0.4 is 0 Å². The van der Waals surface area contributed by atoms with Gasteiger partial charge in [-0.05, 0) is 12.1 Å². The second-order valence-corrected chi connectivity index (χ2v) is 2.82. The predicted octanol–water partition coefficient (Wildman–Crippen LogP) is 1.54. The van der Waals surface area contributed by atoms with Gasteiger partial charge in [-0.1, -0.05) is 12.1 Å². The van der Waals surface area contributed by atoms with Crippen LogP contribution in [0.2, 0.25) is 0 Å². The highest BCUT2D eigenvalue weighted by molar-refractivity contribution is 5.61. The molecule has 0 saturated carbocycles. The molecule has 0 atom stereocenters. The number of nitrogens with zero attached hydrogens (tertiary/aromatic N) is 1. The van der Waals surface area contributed by atoms with Gasteiger partial charge < -0.3 is 14.6 Å². The highest BCUT2D eigenvalue weighted by atomic mass is 16.3. The number of para-hydroxylation sites is 1. The van der Waals surface area contributed by atoms with Crippen molar-refractivity contribution in [1.82, 2.24) is 4.98 Å². The lowest BCUT2D eigenvalue weighted by molar-refractivity contribution is 0.276.